The minimum atomic E-state index is -0.440. The van der Waals surface area contributed by atoms with E-state index in [2.05, 4.69) is 38.5 Å². The molecule has 0 spiro atoms. The van der Waals surface area contributed by atoms with Crippen LogP contribution in [0.1, 0.15) is 64.9 Å². The van der Waals surface area contributed by atoms with E-state index in [9.17, 15) is 9.59 Å². The summed E-state index contributed by atoms with van der Waals surface area (Å²) in [5.74, 6) is 2.93. The van der Waals surface area contributed by atoms with E-state index in [0.717, 1.165) is 40.9 Å². The average Bonchev–Trinajstić information content (AvgIpc) is 2.74. The Hall–Kier alpha value is -2.84. The van der Waals surface area contributed by atoms with Gasteiger partial charge in [-0.15, -0.1) is 6.42 Å². The summed E-state index contributed by atoms with van der Waals surface area (Å²) in [6.07, 6.45) is 7.92. The molecule has 0 saturated carbocycles. The Bertz CT molecular complexity index is 1060. The predicted octanol–water partition coefficient (Wildman–Crippen LogP) is 5.03. The van der Waals surface area contributed by atoms with Crippen LogP contribution in [-0.2, 0) is 14.3 Å². The highest BCUT2D eigenvalue weighted by Gasteiger charge is 2.49. The molecule has 0 fully saturated rings. The first-order chi connectivity index (χ1) is 16.1. The van der Waals surface area contributed by atoms with E-state index in [1.807, 2.05) is 24.3 Å². The summed E-state index contributed by atoms with van der Waals surface area (Å²) >= 11 is 0. The van der Waals surface area contributed by atoms with Crippen LogP contribution in [0.2, 0.25) is 0 Å². The normalized spacial score (nSPS) is 21.8. The van der Waals surface area contributed by atoms with Gasteiger partial charge < -0.3 is 14.4 Å². The number of para-hydroxylation sites is 1. The van der Waals surface area contributed by atoms with Gasteiger partial charge in [0.1, 0.15) is 12.4 Å². The molecular formula is C29H35NO4. The Morgan fingerprint density at radius 2 is 1.53 bits per heavy atom. The first-order valence-corrected chi connectivity index (χ1v) is 12.0. The van der Waals surface area contributed by atoms with E-state index in [4.69, 9.17) is 15.9 Å². The number of Topliss-reactive ketones (excluding diaryl/α,β-unsaturated/α-hetero) is 2. The smallest absolute Gasteiger partial charge is 0.162 e. The zero-order valence-electron chi connectivity index (χ0n) is 21.0. The molecule has 0 atom stereocenters. The summed E-state index contributed by atoms with van der Waals surface area (Å²) in [7, 11) is 1.68. The second-order valence-corrected chi connectivity index (χ2v) is 11.2. The minimum Gasteiger partial charge on any atom is -0.481 e. The molecule has 1 aliphatic heterocycles. The molecule has 34 heavy (non-hydrogen) atoms. The summed E-state index contributed by atoms with van der Waals surface area (Å²) in [5.41, 5.74) is 4.05. The number of carbonyl (C=O) groups is 2. The lowest BCUT2D eigenvalue weighted by Gasteiger charge is -2.49. The van der Waals surface area contributed by atoms with E-state index < -0.39 is 5.92 Å². The van der Waals surface area contributed by atoms with E-state index in [1.165, 1.54) is 0 Å². The first kappa shape index (κ1) is 24.3. The van der Waals surface area contributed by atoms with Crippen LogP contribution < -0.4 is 4.74 Å². The van der Waals surface area contributed by atoms with Gasteiger partial charge in [0, 0.05) is 60.5 Å². The fourth-order valence-electron chi connectivity index (χ4n) is 5.78. The number of nitrogens with zero attached hydrogens (tertiary/aromatic N) is 1. The van der Waals surface area contributed by atoms with Gasteiger partial charge in [-0.2, -0.15) is 0 Å². The van der Waals surface area contributed by atoms with Gasteiger partial charge in [0.25, 0.3) is 0 Å². The van der Waals surface area contributed by atoms with Crippen LogP contribution in [0.4, 0.5) is 0 Å². The molecule has 5 heteroatoms. The largest absolute Gasteiger partial charge is 0.481 e. The molecule has 1 aromatic carbocycles. The highest BCUT2D eigenvalue weighted by molar-refractivity contribution is 6.07. The van der Waals surface area contributed by atoms with Crippen molar-refractivity contribution in [2.24, 2.45) is 10.8 Å². The Morgan fingerprint density at radius 3 is 2.06 bits per heavy atom. The van der Waals surface area contributed by atoms with Crippen molar-refractivity contribution in [1.29, 1.82) is 0 Å². The molecule has 3 aliphatic rings. The third kappa shape index (κ3) is 4.44. The number of allylic oxidation sites excluding steroid dienone is 4. The van der Waals surface area contributed by atoms with Crippen LogP contribution in [0, 0.1) is 23.2 Å². The van der Waals surface area contributed by atoms with Crippen molar-refractivity contribution < 1.29 is 19.1 Å². The second kappa shape index (κ2) is 9.07. The van der Waals surface area contributed by atoms with E-state index in [-0.39, 0.29) is 29.0 Å². The van der Waals surface area contributed by atoms with Crippen molar-refractivity contribution in [3.63, 3.8) is 0 Å². The van der Waals surface area contributed by atoms with Crippen LogP contribution in [0.15, 0.2) is 46.8 Å². The van der Waals surface area contributed by atoms with Gasteiger partial charge in [-0.1, -0.05) is 51.8 Å². The Balaban J connectivity index is 1.99. The minimum absolute atomic E-state index is 0.106. The molecular weight excluding hydrogens is 426 g/mol. The van der Waals surface area contributed by atoms with Gasteiger partial charge in [-0.3, -0.25) is 9.59 Å². The van der Waals surface area contributed by atoms with Crippen molar-refractivity contribution in [2.75, 3.05) is 26.9 Å². The average molecular weight is 462 g/mol. The van der Waals surface area contributed by atoms with Crippen molar-refractivity contribution in [3.05, 3.63) is 52.4 Å². The van der Waals surface area contributed by atoms with Crippen LogP contribution in [0.3, 0.4) is 0 Å². The SMILES string of the molecule is C#CCOc1ccccc1C1C2=C(CC(C)(C)CC2=O)N(CCOC)C2=C1C(=O)CC(C)(C)C2. The number of hydrogen-bond donors (Lipinski definition) is 0. The monoisotopic (exact) mass is 461 g/mol. The summed E-state index contributed by atoms with van der Waals surface area (Å²) in [6, 6.07) is 7.67. The van der Waals surface area contributed by atoms with Crippen LogP contribution >= 0.6 is 0 Å². The Morgan fingerprint density at radius 1 is 0.971 bits per heavy atom. The number of ketones is 2. The van der Waals surface area contributed by atoms with Crippen LogP contribution in [-0.4, -0.2) is 43.3 Å². The molecule has 0 bridgehead atoms. The molecule has 1 aromatic rings. The van der Waals surface area contributed by atoms with Gasteiger partial charge >= 0.3 is 0 Å². The molecule has 0 radical (unpaired) electrons. The quantitative estimate of drug-likeness (QED) is 0.556. The lowest BCUT2D eigenvalue weighted by Crippen LogP contribution is -2.45. The number of rotatable bonds is 6. The fraction of sp³-hybridized carbons (Fsp3) is 0.517. The van der Waals surface area contributed by atoms with Gasteiger partial charge in [0.05, 0.1) is 6.61 Å². The number of ether oxygens (including phenoxy) is 2. The van der Waals surface area contributed by atoms with Gasteiger partial charge in [-0.25, -0.2) is 0 Å². The van der Waals surface area contributed by atoms with Crippen LogP contribution in [0.5, 0.6) is 5.75 Å². The maximum absolute atomic E-state index is 13.8. The molecule has 4 rings (SSSR count). The van der Waals surface area contributed by atoms with Crippen molar-refractivity contribution >= 4 is 11.6 Å². The van der Waals surface area contributed by atoms with E-state index in [0.29, 0.717) is 31.7 Å². The maximum atomic E-state index is 13.8. The maximum Gasteiger partial charge on any atom is 0.162 e. The summed E-state index contributed by atoms with van der Waals surface area (Å²) in [5, 5.41) is 0. The lowest BCUT2D eigenvalue weighted by molar-refractivity contribution is -0.119. The molecule has 180 valence electrons. The molecule has 0 amide bonds. The zero-order chi connectivity index (χ0) is 24.7. The molecule has 0 unspecified atom stereocenters. The Kier molecular flexibility index (Phi) is 6.48. The van der Waals surface area contributed by atoms with E-state index in [1.54, 1.807) is 7.11 Å². The zero-order valence-corrected chi connectivity index (χ0v) is 21.0. The summed E-state index contributed by atoms with van der Waals surface area (Å²) in [6.45, 7) is 9.82. The molecule has 0 saturated heterocycles. The van der Waals surface area contributed by atoms with Crippen molar-refractivity contribution in [2.45, 2.75) is 59.3 Å². The Labute approximate surface area is 203 Å². The molecule has 1 heterocycles. The van der Waals surface area contributed by atoms with Gasteiger partial charge in [0.15, 0.2) is 11.6 Å². The highest BCUT2D eigenvalue weighted by Crippen LogP contribution is 2.55. The predicted molar refractivity (Wildman–Crippen MR) is 132 cm³/mol. The van der Waals surface area contributed by atoms with Gasteiger partial charge in [0.2, 0.25) is 0 Å². The first-order valence-electron chi connectivity index (χ1n) is 12.0. The number of methoxy groups -OCH3 is 1. The standard InChI is InChI=1S/C29H35NO4/c1-7-13-34-24-11-9-8-10-19(24)25-26-20(15-28(2,3)17-22(26)31)30(12-14-33-6)21-16-29(4,5)18-23(32)27(21)25/h1,8-11,25H,12-18H2,2-6H3. The summed E-state index contributed by atoms with van der Waals surface area (Å²) in [4.78, 5) is 29.7. The highest BCUT2D eigenvalue weighted by atomic mass is 16.5. The number of carbonyl (C=O) groups excluding carboxylic acids is 2. The molecule has 0 aromatic heterocycles. The lowest BCUT2D eigenvalue weighted by atomic mass is 9.63. The van der Waals surface area contributed by atoms with Crippen molar-refractivity contribution in [1.82, 2.24) is 4.90 Å². The third-order valence-electron chi connectivity index (χ3n) is 7.08. The second-order valence-electron chi connectivity index (χ2n) is 11.2. The van der Waals surface area contributed by atoms with Crippen LogP contribution in [0.25, 0.3) is 0 Å². The molecule has 5 nitrogen and oxygen atoms in total. The summed E-state index contributed by atoms with van der Waals surface area (Å²) < 4.78 is 11.3. The third-order valence-corrected chi connectivity index (χ3v) is 7.08. The number of terminal acetylenes is 1. The fourth-order valence-corrected chi connectivity index (χ4v) is 5.78. The molecule has 2 aliphatic carbocycles. The van der Waals surface area contributed by atoms with Gasteiger partial charge in [-0.05, 0) is 29.7 Å². The topological polar surface area (TPSA) is 55.8 Å². The van der Waals surface area contributed by atoms with Crippen molar-refractivity contribution in [3.8, 4) is 18.1 Å². The molecule has 0 N–H and O–H groups in total. The van der Waals surface area contributed by atoms with E-state index >= 15 is 0 Å². The number of hydrogen-bond acceptors (Lipinski definition) is 5. The number of benzene rings is 1.